The van der Waals surface area contributed by atoms with Gasteiger partial charge in [0, 0.05) is 5.75 Å². The zero-order valence-electron chi connectivity index (χ0n) is 3.70. The van der Waals surface area contributed by atoms with Gasteiger partial charge < -0.3 is 0 Å². The van der Waals surface area contributed by atoms with E-state index < -0.39 is 0 Å². The van der Waals surface area contributed by atoms with Gasteiger partial charge in [-0.15, -0.1) is 0 Å². The molecular formula is C4H7BrS. The van der Waals surface area contributed by atoms with Crippen LogP contribution >= 0.6 is 27.7 Å². The van der Waals surface area contributed by atoms with E-state index in [0.29, 0.717) is 0 Å². The van der Waals surface area contributed by atoms with E-state index in [4.69, 9.17) is 0 Å². The summed E-state index contributed by atoms with van der Waals surface area (Å²) in [6.45, 7) is 3.64. The first-order valence-electron chi connectivity index (χ1n) is 1.59. The van der Waals surface area contributed by atoms with Crippen molar-refractivity contribution in [2.75, 3.05) is 12.0 Å². The maximum Gasteiger partial charge on any atom is 0.0242 e. The Kier molecular flexibility index (Phi) is 4.11. The van der Waals surface area contributed by atoms with Crippen LogP contribution in [0.3, 0.4) is 0 Å². The van der Waals surface area contributed by atoms with Gasteiger partial charge in [0.05, 0.1) is 0 Å². The molecule has 0 unspecified atom stereocenters. The van der Waals surface area contributed by atoms with Gasteiger partial charge in [-0.1, -0.05) is 22.5 Å². The van der Waals surface area contributed by atoms with Gasteiger partial charge >= 0.3 is 0 Å². The first kappa shape index (κ1) is 6.57. The maximum atomic E-state index is 3.64. The van der Waals surface area contributed by atoms with E-state index in [1.54, 1.807) is 11.8 Å². The van der Waals surface area contributed by atoms with Gasteiger partial charge in [-0.05, 0) is 10.7 Å². The van der Waals surface area contributed by atoms with Crippen molar-refractivity contribution < 1.29 is 0 Å². The molecule has 36 valence electrons. The molecule has 0 rings (SSSR count). The Balaban J connectivity index is 2.83. The lowest BCUT2D eigenvalue weighted by Crippen LogP contribution is -1.67. The highest BCUT2D eigenvalue weighted by Crippen LogP contribution is 2.06. The molecule has 0 aromatic heterocycles. The molecule has 0 aliphatic heterocycles. The number of hydrogen-bond donors (Lipinski definition) is 0. The van der Waals surface area contributed by atoms with Crippen LogP contribution in [0.2, 0.25) is 0 Å². The first-order chi connectivity index (χ1) is 2.77. The molecule has 0 fully saturated rings. The Hall–Kier alpha value is 0.570. The number of hydrogen-bond acceptors (Lipinski definition) is 1. The molecule has 0 spiro atoms. The zero-order valence-corrected chi connectivity index (χ0v) is 6.10. The minimum Gasteiger partial charge on any atom is -0.160 e. The Morgan fingerprint density at radius 3 is 2.50 bits per heavy atom. The smallest absolute Gasteiger partial charge is 0.0242 e. The van der Waals surface area contributed by atoms with Crippen LogP contribution in [0.25, 0.3) is 0 Å². The molecule has 0 atom stereocenters. The molecule has 0 aromatic rings. The second kappa shape index (κ2) is 3.75. The predicted molar refractivity (Wildman–Crippen MR) is 36.4 cm³/mol. The summed E-state index contributed by atoms with van der Waals surface area (Å²) in [5.41, 5.74) is 0. The maximum absolute atomic E-state index is 3.64. The highest BCUT2D eigenvalue weighted by atomic mass is 79.9. The van der Waals surface area contributed by atoms with Crippen LogP contribution in [-0.2, 0) is 0 Å². The highest BCUT2D eigenvalue weighted by molar-refractivity contribution is 9.11. The molecule has 0 radical (unpaired) electrons. The molecule has 0 saturated heterocycles. The quantitative estimate of drug-likeness (QED) is 0.607. The van der Waals surface area contributed by atoms with E-state index in [9.17, 15) is 0 Å². The lowest BCUT2D eigenvalue weighted by molar-refractivity contribution is 1.78. The fraction of sp³-hybridized carbons (Fsp3) is 0.500. The molecule has 0 amide bonds. The fourth-order valence-electron chi connectivity index (χ4n) is 0.157. The third-order valence-electron chi connectivity index (χ3n) is 0.301. The normalized spacial score (nSPS) is 8.33. The van der Waals surface area contributed by atoms with Gasteiger partial charge in [0.15, 0.2) is 0 Å². The van der Waals surface area contributed by atoms with Gasteiger partial charge in [0.2, 0.25) is 0 Å². The minimum atomic E-state index is 1.01. The standard InChI is InChI=1S/C4H7BrS/c1-4(5)3-6-2/h1,3H2,2H3. The molecule has 2 heteroatoms. The molecule has 0 nitrogen and oxygen atoms in total. The molecule has 0 aliphatic carbocycles. The van der Waals surface area contributed by atoms with Crippen LogP contribution in [0.5, 0.6) is 0 Å². The average Bonchev–Trinajstić information content (AvgIpc) is 1.35. The summed E-state index contributed by atoms with van der Waals surface area (Å²) in [5, 5.41) is 0. The average molecular weight is 167 g/mol. The fourth-order valence-corrected chi connectivity index (χ4v) is 1.16. The van der Waals surface area contributed by atoms with Crippen molar-refractivity contribution in [2.24, 2.45) is 0 Å². The third kappa shape index (κ3) is 4.57. The van der Waals surface area contributed by atoms with Crippen molar-refractivity contribution in [1.82, 2.24) is 0 Å². The molecule has 0 aliphatic rings. The van der Waals surface area contributed by atoms with Crippen molar-refractivity contribution >= 4 is 27.7 Å². The van der Waals surface area contributed by atoms with E-state index in [2.05, 4.69) is 22.5 Å². The molecule has 6 heavy (non-hydrogen) atoms. The zero-order chi connectivity index (χ0) is 4.99. The highest BCUT2D eigenvalue weighted by Gasteiger charge is 1.78. The summed E-state index contributed by atoms with van der Waals surface area (Å²) in [7, 11) is 0. The van der Waals surface area contributed by atoms with Crippen molar-refractivity contribution in [2.45, 2.75) is 0 Å². The van der Waals surface area contributed by atoms with E-state index in [0.717, 1.165) is 10.2 Å². The van der Waals surface area contributed by atoms with Crippen molar-refractivity contribution in [3.05, 3.63) is 11.1 Å². The van der Waals surface area contributed by atoms with Gasteiger partial charge in [-0.2, -0.15) is 11.8 Å². The first-order valence-corrected chi connectivity index (χ1v) is 3.78. The Bertz CT molecular complexity index is 51.5. The largest absolute Gasteiger partial charge is 0.160 e. The predicted octanol–water partition coefficient (Wildman–Crippen LogP) is 2.26. The lowest BCUT2D eigenvalue weighted by atomic mass is 10.8. The number of rotatable bonds is 2. The SMILES string of the molecule is C=C(Br)CSC. The minimum absolute atomic E-state index is 1.01. The van der Waals surface area contributed by atoms with E-state index >= 15 is 0 Å². The second-order valence-corrected chi connectivity index (χ2v) is 2.94. The summed E-state index contributed by atoms with van der Waals surface area (Å²) in [6.07, 6.45) is 2.05. The lowest BCUT2D eigenvalue weighted by Gasteiger charge is -1.85. The summed E-state index contributed by atoms with van der Waals surface area (Å²) in [4.78, 5) is 0. The summed E-state index contributed by atoms with van der Waals surface area (Å²) in [6, 6.07) is 0. The molecule has 0 aromatic carbocycles. The van der Waals surface area contributed by atoms with Crippen LogP contribution in [0, 0.1) is 0 Å². The van der Waals surface area contributed by atoms with Crippen molar-refractivity contribution in [3.8, 4) is 0 Å². The molecule has 0 heterocycles. The van der Waals surface area contributed by atoms with Crippen LogP contribution in [0.1, 0.15) is 0 Å². The van der Waals surface area contributed by atoms with Crippen LogP contribution < -0.4 is 0 Å². The monoisotopic (exact) mass is 166 g/mol. The topological polar surface area (TPSA) is 0 Å². The molecule has 0 N–H and O–H groups in total. The van der Waals surface area contributed by atoms with Gasteiger partial charge in [0.25, 0.3) is 0 Å². The van der Waals surface area contributed by atoms with Crippen LogP contribution in [-0.4, -0.2) is 12.0 Å². The van der Waals surface area contributed by atoms with Gasteiger partial charge in [0.1, 0.15) is 0 Å². The summed E-state index contributed by atoms with van der Waals surface area (Å²) < 4.78 is 1.06. The molecular weight excluding hydrogens is 160 g/mol. The molecule has 0 bridgehead atoms. The van der Waals surface area contributed by atoms with E-state index in [-0.39, 0.29) is 0 Å². The number of thioether (sulfide) groups is 1. The third-order valence-corrected chi connectivity index (χ3v) is 1.59. The van der Waals surface area contributed by atoms with Crippen LogP contribution in [0.15, 0.2) is 11.1 Å². The van der Waals surface area contributed by atoms with E-state index in [1.165, 1.54) is 0 Å². The Morgan fingerprint density at radius 1 is 2.00 bits per heavy atom. The summed E-state index contributed by atoms with van der Waals surface area (Å²) >= 11 is 4.98. The van der Waals surface area contributed by atoms with Gasteiger partial charge in [-0.3, -0.25) is 0 Å². The van der Waals surface area contributed by atoms with E-state index in [1.807, 2.05) is 6.26 Å². The number of halogens is 1. The molecule has 0 saturated carbocycles. The van der Waals surface area contributed by atoms with Crippen molar-refractivity contribution in [3.63, 3.8) is 0 Å². The van der Waals surface area contributed by atoms with Crippen molar-refractivity contribution in [1.29, 1.82) is 0 Å². The second-order valence-electron chi connectivity index (χ2n) is 0.950. The summed E-state index contributed by atoms with van der Waals surface area (Å²) in [5.74, 6) is 1.01. The Labute approximate surface area is 51.1 Å². The van der Waals surface area contributed by atoms with Gasteiger partial charge in [-0.25, -0.2) is 0 Å². The van der Waals surface area contributed by atoms with Crippen LogP contribution in [0.4, 0.5) is 0 Å². The Morgan fingerprint density at radius 2 is 2.50 bits per heavy atom.